The molecule has 0 atom stereocenters. The van der Waals surface area contributed by atoms with Crippen LogP contribution in [0, 0.1) is 0 Å². The third-order valence-corrected chi connectivity index (χ3v) is 3.40. The molecule has 0 aliphatic carbocycles. The van der Waals surface area contributed by atoms with E-state index in [0.717, 1.165) is 22.3 Å². The first-order valence-corrected chi connectivity index (χ1v) is 7.35. The summed E-state index contributed by atoms with van der Waals surface area (Å²) >= 11 is 0. The van der Waals surface area contributed by atoms with Crippen molar-refractivity contribution in [1.82, 2.24) is 9.55 Å². The van der Waals surface area contributed by atoms with Crippen molar-refractivity contribution in [3.8, 4) is 5.75 Å². The van der Waals surface area contributed by atoms with E-state index in [0.29, 0.717) is 13.2 Å². The Morgan fingerprint density at radius 2 is 1.91 bits per heavy atom. The monoisotopic (exact) mass is 296 g/mol. The normalized spacial score (nSPS) is 11.8. The highest BCUT2D eigenvalue weighted by Crippen LogP contribution is 2.22. The first kappa shape index (κ1) is 14.6. The number of nitrogens with zero attached hydrogens (tertiary/aromatic N) is 2. The highest BCUT2D eigenvalue weighted by molar-refractivity contribution is 5.77. The van der Waals surface area contributed by atoms with Gasteiger partial charge in [-0.3, -0.25) is 0 Å². The Hall–Kier alpha value is -2.33. The summed E-state index contributed by atoms with van der Waals surface area (Å²) in [6.45, 7) is 4.60. The smallest absolute Gasteiger partial charge is 0.122 e. The number of rotatable bonds is 5. The van der Waals surface area contributed by atoms with Gasteiger partial charge >= 0.3 is 0 Å². The predicted octanol–water partition coefficient (Wildman–Crippen LogP) is 3.39. The second kappa shape index (κ2) is 5.81. The van der Waals surface area contributed by atoms with Gasteiger partial charge in [0, 0.05) is 6.07 Å². The van der Waals surface area contributed by atoms with Crippen LogP contribution < -0.4 is 4.74 Å². The molecule has 0 bridgehead atoms. The molecule has 3 aromatic rings. The second-order valence-corrected chi connectivity index (χ2v) is 6.11. The standard InChI is InChI=1S/C18H20N2O2/c1-18(2,21)12-20-13-19-16-9-8-15(10-17(16)20)22-11-14-6-4-3-5-7-14/h3-10,13,21H,11-12H2,1-2H3. The molecule has 4 nitrogen and oxygen atoms in total. The zero-order valence-electron chi connectivity index (χ0n) is 12.9. The summed E-state index contributed by atoms with van der Waals surface area (Å²) in [7, 11) is 0. The molecule has 0 amide bonds. The molecular weight excluding hydrogens is 276 g/mol. The summed E-state index contributed by atoms with van der Waals surface area (Å²) < 4.78 is 7.80. The van der Waals surface area contributed by atoms with E-state index in [-0.39, 0.29) is 0 Å². The molecule has 0 aliphatic heterocycles. The van der Waals surface area contributed by atoms with Gasteiger partial charge in [0.1, 0.15) is 12.4 Å². The Bertz CT molecular complexity index is 758. The predicted molar refractivity (Wildman–Crippen MR) is 86.8 cm³/mol. The van der Waals surface area contributed by atoms with Gasteiger partial charge in [-0.2, -0.15) is 0 Å². The van der Waals surface area contributed by atoms with Gasteiger partial charge in [0.15, 0.2) is 0 Å². The molecule has 0 spiro atoms. The third-order valence-electron chi connectivity index (χ3n) is 3.40. The number of hydrogen-bond donors (Lipinski definition) is 1. The molecule has 0 aliphatic rings. The van der Waals surface area contributed by atoms with Gasteiger partial charge in [0.2, 0.25) is 0 Å². The third kappa shape index (κ3) is 3.46. The van der Waals surface area contributed by atoms with Crippen LogP contribution in [0.1, 0.15) is 19.4 Å². The summed E-state index contributed by atoms with van der Waals surface area (Å²) in [5, 5.41) is 9.99. The molecular formula is C18H20N2O2. The highest BCUT2D eigenvalue weighted by atomic mass is 16.5. The molecule has 1 heterocycles. The van der Waals surface area contributed by atoms with Crippen LogP contribution in [0.4, 0.5) is 0 Å². The number of aromatic nitrogens is 2. The lowest BCUT2D eigenvalue weighted by atomic mass is 10.1. The zero-order valence-corrected chi connectivity index (χ0v) is 12.9. The maximum absolute atomic E-state index is 9.99. The lowest BCUT2D eigenvalue weighted by Gasteiger charge is -2.18. The zero-order chi connectivity index (χ0) is 15.6. The van der Waals surface area contributed by atoms with Gasteiger partial charge in [-0.1, -0.05) is 30.3 Å². The molecule has 3 rings (SSSR count). The fourth-order valence-electron chi connectivity index (χ4n) is 2.41. The largest absolute Gasteiger partial charge is 0.489 e. The van der Waals surface area contributed by atoms with E-state index >= 15 is 0 Å². The molecule has 0 saturated carbocycles. The number of ether oxygens (including phenoxy) is 1. The van der Waals surface area contributed by atoms with Gasteiger partial charge in [0.25, 0.3) is 0 Å². The maximum atomic E-state index is 9.99. The Balaban J connectivity index is 1.81. The van der Waals surface area contributed by atoms with E-state index in [1.807, 2.05) is 53.1 Å². The van der Waals surface area contributed by atoms with Crippen molar-refractivity contribution in [2.45, 2.75) is 32.6 Å². The van der Waals surface area contributed by atoms with Gasteiger partial charge < -0.3 is 14.4 Å². The average Bonchev–Trinajstić information content (AvgIpc) is 2.87. The first-order valence-electron chi connectivity index (χ1n) is 7.35. The molecule has 0 fully saturated rings. The van der Waals surface area contributed by atoms with E-state index in [1.54, 1.807) is 20.2 Å². The first-order chi connectivity index (χ1) is 10.5. The molecule has 22 heavy (non-hydrogen) atoms. The molecule has 1 N–H and O–H groups in total. The number of imidazole rings is 1. The van der Waals surface area contributed by atoms with E-state index in [2.05, 4.69) is 4.98 Å². The van der Waals surface area contributed by atoms with E-state index in [1.165, 1.54) is 0 Å². The molecule has 114 valence electrons. The molecule has 0 unspecified atom stereocenters. The Labute approximate surface area is 130 Å². The fourth-order valence-corrected chi connectivity index (χ4v) is 2.41. The van der Waals surface area contributed by atoms with E-state index < -0.39 is 5.60 Å². The van der Waals surface area contributed by atoms with Gasteiger partial charge in [-0.15, -0.1) is 0 Å². The Kier molecular flexibility index (Phi) is 3.86. The van der Waals surface area contributed by atoms with Crippen molar-refractivity contribution in [2.24, 2.45) is 0 Å². The van der Waals surface area contributed by atoms with Crippen LogP contribution >= 0.6 is 0 Å². The van der Waals surface area contributed by atoms with Crippen molar-refractivity contribution in [3.05, 3.63) is 60.4 Å². The number of fused-ring (bicyclic) bond motifs is 1. The molecule has 4 heteroatoms. The van der Waals surface area contributed by atoms with Gasteiger partial charge in [0.05, 0.1) is 29.5 Å². The quantitative estimate of drug-likeness (QED) is 0.785. The minimum Gasteiger partial charge on any atom is -0.489 e. The Morgan fingerprint density at radius 1 is 1.14 bits per heavy atom. The van der Waals surface area contributed by atoms with Crippen molar-refractivity contribution in [2.75, 3.05) is 0 Å². The maximum Gasteiger partial charge on any atom is 0.122 e. The molecule has 1 aromatic heterocycles. The molecule has 0 saturated heterocycles. The lowest BCUT2D eigenvalue weighted by Crippen LogP contribution is -2.25. The van der Waals surface area contributed by atoms with Crippen LogP contribution in [0.3, 0.4) is 0 Å². The SMILES string of the molecule is CC(C)(O)Cn1cnc2ccc(OCc3ccccc3)cc21. The van der Waals surface area contributed by atoms with Crippen LogP contribution in [-0.2, 0) is 13.2 Å². The van der Waals surface area contributed by atoms with E-state index in [4.69, 9.17) is 4.74 Å². The van der Waals surface area contributed by atoms with Crippen molar-refractivity contribution in [1.29, 1.82) is 0 Å². The van der Waals surface area contributed by atoms with Gasteiger partial charge in [-0.05, 0) is 31.5 Å². The lowest BCUT2D eigenvalue weighted by molar-refractivity contribution is 0.0626. The summed E-state index contributed by atoms with van der Waals surface area (Å²) in [6.07, 6.45) is 1.75. The van der Waals surface area contributed by atoms with Crippen LogP contribution in [0.2, 0.25) is 0 Å². The van der Waals surface area contributed by atoms with Gasteiger partial charge in [-0.25, -0.2) is 4.98 Å². The van der Waals surface area contributed by atoms with Crippen LogP contribution in [0.15, 0.2) is 54.9 Å². The Morgan fingerprint density at radius 3 is 2.64 bits per heavy atom. The van der Waals surface area contributed by atoms with Crippen LogP contribution in [0.5, 0.6) is 5.75 Å². The number of benzene rings is 2. The fraction of sp³-hybridized carbons (Fsp3) is 0.278. The average molecular weight is 296 g/mol. The summed E-state index contributed by atoms with van der Waals surface area (Å²) in [5.41, 5.74) is 2.21. The van der Waals surface area contributed by atoms with Crippen molar-refractivity contribution < 1.29 is 9.84 Å². The summed E-state index contributed by atoms with van der Waals surface area (Å²) in [5.74, 6) is 0.800. The minimum absolute atomic E-state index is 0.492. The van der Waals surface area contributed by atoms with Crippen molar-refractivity contribution in [3.63, 3.8) is 0 Å². The van der Waals surface area contributed by atoms with Crippen molar-refractivity contribution >= 4 is 11.0 Å². The highest BCUT2D eigenvalue weighted by Gasteiger charge is 2.15. The summed E-state index contributed by atoms with van der Waals surface area (Å²) in [4.78, 5) is 4.36. The second-order valence-electron chi connectivity index (χ2n) is 6.11. The number of aliphatic hydroxyl groups is 1. The molecule has 0 radical (unpaired) electrons. The van der Waals surface area contributed by atoms with E-state index in [9.17, 15) is 5.11 Å². The topological polar surface area (TPSA) is 47.3 Å². The molecule has 2 aromatic carbocycles. The summed E-state index contributed by atoms with van der Waals surface area (Å²) in [6, 6.07) is 15.9. The van der Waals surface area contributed by atoms with Crippen LogP contribution in [-0.4, -0.2) is 20.3 Å². The number of hydrogen-bond acceptors (Lipinski definition) is 3. The minimum atomic E-state index is -0.783. The van der Waals surface area contributed by atoms with Crippen LogP contribution in [0.25, 0.3) is 11.0 Å².